The summed E-state index contributed by atoms with van der Waals surface area (Å²) in [6.07, 6.45) is 3.65. The molecule has 6 nitrogen and oxygen atoms in total. The van der Waals surface area contributed by atoms with Gasteiger partial charge in [0, 0.05) is 42.3 Å². The maximum absolute atomic E-state index is 13.7. The summed E-state index contributed by atoms with van der Waals surface area (Å²) in [5.74, 6) is -5.30. The lowest BCUT2D eigenvalue weighted by molar-refractivity contribution is -0.0283. The summed E-state index contributed by atoms with van der Waals surface area (Å²) in [5.41, 5.74) is -1.38. The zero-order chi connectivity index (χ0) is 25.8. The van der Waals surface area contributed by atoms with Crippen molar-refractivity contribution in [3.05, 3.63) is 35.1 Å². The quantitative estimate of drug-likeness (QED) is 0.549. The highest BCUT2D eigenvalue weighted by molar-refractivity contribution is 5.94. The summed E-state index contributed by atoms with van der Waals surface area (Å²) in [6, 6.07) is 2.41. The number of urea groups is 1. The third-order valence-corrected chi connectivity index (χ3v) is 6.60. The Bertz CT molecular complexity index is 898. The number of carbonyl (C=O) groups excluding carboxylic acids is 2. The Balaban J connectivity index is 1.46. The number of carbonyl (C=O) groups is 2. The second-order valence-electron chi connectivity index (χ2n) is 10.7. The van der Waals surface area contributed by atoms with E-state index in [1.54, 1.807) is 0 Å². The normalized spacial score (nSPS) is 20.2. The monoisotopic (exact) mass is 500 g/mol. The predicted octanol–water partition coefficient (Wildman–Crippen LogP) is 4.30. The van der Waals surface area contributed by atoms with Gasteiger partial charge in [0.25, 0.3) is 5.91 Å². The number of rotatable bonds is 7. The Morgan fingerprint density at radius 1 is 1.06 bits per heavy atom. The number of amides is 3. The van der Waals surface area contributed by atoms with Gasteiger partial charge < -0.3 is 20.4 Å². The molecular weight excluding hydrogens is 464 g/mol. The Labute approximate surface area is 204 Å². The fourth-order valence-corrected chi connectivity index (χ4v) is 4.70. The molecule has 3 rings (SSSR count). The first-order valence-corrected chi connectivity index (χ1v) is 12.2. The number of halogens is 4. The van der Waals surface area contributed by atoms with Gasteiger partial charge in [-0.25, -0.2) is 13.6 Å². The Morgan fingerprint density at radius 2 is 1.74 bits per heavy atom. The van der Waals surface area contributed by atoms with Crippen LogP contribution in [0.3, 0.4) is 0 Å². The number of alkyl halides is 3. The van der Waals surface area contributed by atoms with Gasteiger partial charge in [0.05, 0.1) is 0 Å². The van der Waals surface area contributed by atoms with Crippen LogP contribution in [0.4, 0.5) is 22.4 Å². The molecule has 2 heterocycles. The second-order valence-corrected chi connectivity index (χ2v) is 10.7. The van der Waals surface area contributed by atoms with Gasteiger partial charge in [0.1, 0.15) is 5.82 Å². The summed E-state index contributed by atoms with van der Waals surface area (Å²) in [7, 11) is 0. The van der Waals surface area contributed by atoms with Crippen molar-refractivity contribution < 1.29 is 27.2 Å². The van der Waals surface area contributed by atoms with E-state index in [1.807, 2.05) is 25.7 Å². The van der Waals surface area contributed by atoms with E-state index in [0.29, 0.717) is 12.6 Å². The highest BCUT2D eigenvalue weighted by Gasteiger charge is 2.34. The number of benzene rings is 1. The van der Waals surface area contributed by atoms with E-state index in [2.05, 4.69) is 15.5 Å². The fraction of sp³-hybridized carbons (Fsp3) is 0.680. The molecule has 1 aromatic carbocycles. The molecule has 2 fully saturated rings. The van der Waals surface area contributed by atoms with E-state index in [9.17, 15) is 27.2 Å². The molecule has 2 N–H and O–H groups in total. The smallest absolute Gasteiger partial charge is 0.318 e. The van der Waals surface area contributed by atoms with Gasteiger partial charge in [0.2, 0.25) is 0 Å². The van der Waals surface area contributed by atoms with E-state index < -0.39 is 29.9 Å². The van der Waals surface area contributed by atoms with Crippen LogP contribution in [0.25, 0.3) is 0 Å². The maximum atomic E-state index is 13.7. The lowest BCUT2D eigenvalue weighted by atomic mass is 9.96. The molecule has 0 aromatic heterocycles. The second kappa shape index (κ2) is 11.1. The molecule has 0 saturated carbocycles. The number of nitrogens with zero attached hydrogens (tertiary/aromatic N) is 2. The van der Waals surface area contributed by atoms with E-state index in [-0.39, 0.29) is 29.1 Å². The molecule has 0 aliphatic carbocycles. The molecule has 2 saturated heterocycles. The summed E-state index contributed by atoms with van der Waals surface area (Å²) in [6.45, 7) is 7.51. The van der Waals surface area contributed by atoms with Crippen LogP contribution in [-0.4, -0.2) is 72.7 Å². The largest absolute Gasteiger partial charge is 0.352 e. The summed E-state index contributed by atoms with van der Waals surface area (Å²) < 4.78 is 53.6. The maximum Gasteiger partial charge on any atom is 0.318 e. The lowest BCUT2D eigenvalue weighted by Crippen LogP contribution is -2.53. The van der Waals surface area contributed by atoms with E-state index in [0.717, 1.165) is 64.0 Å². The first-order valence-electron chi connectivity index (χ1n) is 12.2. The average molecular weight is 501 g/mol. The summed E-state index contributed by atoms with van der Waals surface area (Å²) >= 11 is 0. The zero-order valence-corrected chi connectivity index (χ0v) is 20.7. The third kappa shape index (κ3) is 7.56. The van der Waals surface area contributed by atoms with Crippen LogP contribution in [0.1, 0.15) is 62.4 Å². The summed E-state index contributed by atoms with van der Waals surface area (Å²) in [4.78, 5) is 29.3. The van der Waals surface area contributed by atoms with Crippen LogP contribution in [-0.2, 0) is 5.92 Å². The number of piperidine rings is 1. The van der Waals surface area contributed by atoms with Crippen molar-refractivity contribution in [2.45, 2.75) is 64.0 Å². The van der Waals surface area contributed by atoms with Crippen molar-refractivity contribution in [1.29, 1.82) is 0 Å². The molecule has 1 atom stereocenters. The number of likely N-dealkylation sites (tertiary alicyclic amines) is 2. The topological polar surface area (TPSA) is 64.7 Å². The van der Waals surface area contributed by atoms with Crippen molar-refractivity contribution >= 4 is 11.9 Å². The highest BCUT2D eigenvalue weighted by Crippen LogP contribution is 2.30. The van der Waals surface area contributed by atoms with Crippen LogP contribution in [0.2, 0.25) is 0 Å². The molecule has 196 valence electrons. The van der Waals surface area contributed by atoms with Crippen molar-refractivity contribution in [1.82, 2.24) is 20.4 Å². The Kier molecular flexibility index (Phi) is 8.67. The molecule has 1 unspecified atom stereocenters. The first-order chi connectivity index (χ1) is 16.4. The highest BCUT2D eigenvalue weighted by atomic mass is 19.3. The summed E-state index contributed by atoms with van der Waals surface area (Å²) in [5, 5.41) is 5.74. The molecule has 0 spiro atoms. The molecule has 2 aliphatic heterocycles. The molecule has 0 radical (unpaired) electrons. The van der Waals surface area contributed by atoms with Crippen LogP contribution >= 0.6 is 0 Å². The van der Waals surface area contributed by atoms with Crippen LogP contribution in [0.5, 0.6) is 0 Å². The Hall–Kier alpha value is -2.36. The third-order valence-electron chi connectivity index (χ3n) is 6.60. The first kappa shape index (κ1) is 27.2. The predicted molar refractivity (Wildman–Crippen MR) is 126 cm³/mol. The lowest BCUT2D eigenvalue weighted by Gasteiger charge is -2.36. The van der Waals surface area contributed by atoms with Crippen LogP contribution in [0.15, 0.2) is 18.2 Å². The fourth-order valence-electron chi connectivity index (χ4n) is 4.70. The Morgan fingerprint density at radius 3 is 2.37 bits per heavy atom. The molecule has 2 aliphatic rings. The van der Waals surface area contributed by atoms with E-state index in [1.165, 1.54) is 0 Å². The van der Waals surface area contributed by atoms with Crippen molar-refractivity contribution in [3.63, 3.8) is 0 Å². The van der Waals surface area contributed by atoms with Gasteiger partial charge in [-0.15, -0.1) is 0 Å². The number of nitrogens with one attached hydrogen (secondary N) is 2. The van der Waals surface area contributed by atoms with E-state index in [4.69, 9.17) is 0 Å². The van der Waals surface area contributed by atoms with Gasteiger partial charge in [-0.05, 0) is 83.7 Å². The minimum Gasteiger partial charge on any atom is -0.352 e. The number of hydrogen-bond donors (Lipinski definition) is 2. The SMILES string of the molecule is CC(C)(C)NC(=O)N1CCCC1CN1CCC(CNC(=O)c2cc(F)cc(C(F)(F)CF)c2)CC1. The van der Waals surface area contributed by atoms with Crippen molar-refractivity contribution in [3.8, 4) is 0 Å². The van der Waals surface area contributed by atoms with Gasteiger partial charge in [-0.3, -0.25) is 4.79 Å². The zero-order valence-electron chi connectivity index (χ0n) is 20.7. The average Bonchev–Trinajstić information content (AvgIpc) is 3.25. The standard InChI is InChI=1S/C25H36F4N4O2/c1-24(2,3)31-23(35)33-8-4-5-21(33)15-32-9-6-17(7-10-32)14-30-22(34)18-11-19(13-20(27)12-18)25(28,29)16-26/h11-13,17,21H,4-10,14-16H2,1-3H3,(H,30,34)(H,31,35). The van der Waals surface area contributed by atoms with Gasteiger partial charge in [-0.1, -0.05) is 0 Å². The molecular formula is C25H36F4N4O2. The molecule has 10 heteroatoms. The number of hydrogen-bond acceptors (Lipinski definition) is 3. The minimum atomic E-state index is -3.84. The molecule has 35 heavy (non-hydrogen) atoms. The molecule has 0 bridgehead atoms. The van der Waals surface area contributed by atoms with E-state index >= 15 is 0 Å². The molecule has 1 aromatic rings. The molecule has 3 amide bonds. The van der Waals surface area contributed by atoms with Crippen molar-refractivity contribution in [2.24, 2.45) is 5.92 Å². The van der Waals surface area contributed by atoms with Gasteiger partial charge >= 0.3 is 12.0 Å². The van der Waals surface area contributed by atoms with Gasteiger partial charge in [-0.2, -0.15) is 8.78 Å². The van der Waals surface area contributed by atoms with Crippen molar-refractivity contribution in [2.75, 3.05) is 39.4 Å². The minimum absolute atomic E-state index is 0.0256. The van der Waals surface area contributed by atoms with Crippen LogP contribution < -0.4 is 10.6 Å². The van der Waals surface area contributed by atoms with Gasteiger partial charge in [0.15, 0.2) is 6.67 Å². The van der Waals surface area contributed by atoms with Crippen LogP contribution in [0, 0.1) is 11.7 Å².